The Labute approximate surface area is 181 Å². The van der Waals surface area contributed by atoms with Gasteiger partial charge >= 0.3 is 45.6 Å². The van der Waals surface area contributed by atoms with Gasteiger partial charge in [0.1, 0.15) is 0 Å². The van der Waals surface area contributed by atoms with Crippen LogP contribution in [-0.4, -0.2) is 66.8 Å². The van der Waals surface area contributed by atoms with Gasteiger partial charge in [-0.3, -0.25) is 9.05 Å². The van der Waals surface area contributed by atoms with Crippen LogP contribution in [0.5, 0.6) is 0 Å². The second-order valence-electron chi connectivity index (χ2n) is 5.89. The molecule has 0 fully saturated rings. The minimum atomic E-state index is -3.89. The van der Waals surface area contributed by atoms with E-state index in [0.29, 0.717) is 25.0 Å². The molecule has 8 heteroatoms. The van der Waals surface area contributed by atoms with Gasteiger partial charge in [0.2, 0.25) is 0 Å². The zero-order chi connectivity index (χ0) is 16.1. The van der Waals surface area contributed by atoms with E-state index >= 15 is 0 Å². The topological polar surface area (TPSA) is 119 Å². The predicted octanol–water partition coefficient (Wildman–Crippen LogP) is 3.75. The number of rotatable bonds is 14. The first kappa shape index (κ1) is 32.9. The summed E-state index contributed by atoms with van der Waals surface area (Å²) in [5.41, 5.74) is 0. The molecule has 0 aromatic carbocycles. The zero-order valence-corrected chi connectivity index (χ0v) is 19.2. The minimum absolute atomic E-state index is 0. The van der Waals surface area contributed by atoms with Crippen molar-refractivity contribution in [3.05, 3.63) is 0 Å². The maximum Gasteiger partial charge on any atom is 2.00 e. The average molecular weight is 401 g/mol. The maximum absolute atomic E-state index is 11.9. The van der Waals surface area contributed by atoms with Crippen molar-refractivity contribution in [2.24, 2.45) is 11.8 Å². The van der Waals surface area contributed by atoms with Crippen molar-refractivity contribution in [2.75, 3.05) is 13.2 Å². The van der Waals surface area contributed by atoms with Crippen molar-refractivity contribution in [2.45, 2.75) is 79.1 Å². The second kappa shape index (κ2) is 20.6. The molecule has 0 aromatic heterocycles. The van der Waals surface area contributed by atoms with Gasteiger partial charge in [-0.05, 0) is 24.7 Å². The molecule has 0 rings (SSSR count). The quantitative estimate of drug-likeness (QED) is 0.353. The Hall–Kier alpha value is 1.29. The van der Waals surface area contributed by atoms with Crippen LogP contribution >= 0.6 is 7.82 Å². The summed E-state index contributed by atoms with van der Waals surface area (Å²) in [6.45, 7) is 9.10. The summed E-state index contributed by atoms with van der Waals surface area (Å²) in [6.07, 6.45) is 8.56. The summed E-state index contributed by atoms with van der Waals surface area (Å²) in [5.74, 6) is 0.687. The summed E-state index contributed by atoms with van der Waals surface area (Å²) in [5, 5.41) is 0. The summed E-state index contributed by atoms with van der Waals surface area (Å²) in [6, 6.07) is 0. The Bertz CT molecular complexity index is 280. The van der Waals surface area contributed by atoms with E-state index in [-0.39, 0.29) is 51.5 Å². The number of hydrogen-bond acceptors (Lipinski definition) is 3. The monoisotopic (exact) mass is 400 g/mol. The van der Waals surface area contributed by atoms with Crippen LogP contribution in [0.2, 0.25) is 0 Å². The van der Waals surface area contributed by atoms with Gasteiger partial charge in [-0.15, -0.1) is 0 Å². The molecule has 0 saturated carbocycles. The minimum Gasteiger partial charge on any atom is -1.00 e. The SMILES string of the molecule is CCCCC(CC)COP(=O)(O)OCC(CC)CCCC.O.O.[Ca+2].[H-].[H-]. The van der Waals surface area contributed by atoms with E-state index in [0.717, 1.165) is 51.4 Å². The Kier molecular flexibility index (Phi) is 28.3. The van der Waals surface area contributed by atoms with Gasteiger partial charge in [-0.25, -0.2) is 4.57 Å². The molecular formula is C16H41CaO6P. The Morgan fingerprint density at radius 3 is 1.46 bits per heavy atom. The zero-order valence-electron chi connectivity index (χ0n) is 18.1. The molecule has 6 nitrogen and oxygen atoms in total. The van der Waals surface area contributed by atoms with Crippen molar-refractivity contribution in [1.29, 1.82) is 0 Å². The molecule has 0 aromatic rings. The van der Waals surface area contributed by atoms with Gasteiger partial charge in [0.05, 0.1) is 13.2 Å². The fourth-order valence-electron chi connectivity index (χ4n) is 2.23. The molecule has 0 heterocycles. The first-order chi connectivity index (χ1) is 9.99. The van der Waals surface area contributed by atoms with E-state index in [9.17, 15) is 9.46 Å². The summed E-state index contributed by atoms with van der Waals surface area (Å²) in [7, 11) is -3.89. The third-order valence-electron chi connectivity index (χ3n) is 4.03. The van der Waals surface area contributed by atoms with Gasteiger partial charge in [-0.1, -0.05) is 66.2 Å². The normalized spacial score (nSPS) is 15.2. The van der Waals surface area contributed by atoms with Crippen LogP contribution in [0, 0.1) is 11.8 Å². The first-order valence-electron chi connectivity index (χ1n) is 8.60. The Morgan fingerprint density at radius 2 is 1.21 bits per heavy atom. The van der Waals surface area contributed by atoms with Crippen LogP contribution in [0.25, 0.3) is 0 Å². The van der Waals surface area contributed by atoms with E-state index in [1.807, 2.05) is 0 Å². The number of phosphoric ester groups is 1. The maximum atomic E-state index is 11.9. The predicted molar refractivity (Wildman–Crippen MR) is 104 cm³/mol. The Morgan fingerprint density at radius 1 is 0.875 bits per heavy atom. The average Bonchev–Trinajstić information content (AvgIpc) is 2.47. The second-order valence-corrected chi connectivity index (χ2v) is 7.35. The van der Waals surface area contributed by atoms with Gasteiger partial charge < -0.3 is 18.7 Å². The molecule has 2 atom stereocenters. The fraction of sp³-hybridized carbons (Fsp3) is 1.00. The Balaban J connectivity index is -0.000000200. The van der Waals surface area contributed by atoms with Gasteiger partial charge in [-0.2, -0.15) is 0 Å². The van der Waals surface area contributed by atoms with E-state index in [2.05, 4.69) is 27.7 Å². The molecule has 0 spiro atoms. The molecule has 5 N–H and O–H groups in total. The molecule has 24 heavy (non-hydrogen) atoms. The van der Waals surface area contributed by atoms with E-state index < -0.39 is 7.82 Å². The third-order valence-corrected chi connectivity index (χ3v) is 4.98. The van der Waals surface area contributed by atoms with Crippen molar-refractivity contribution < 1.29 is 32.3 Å². The molecule has 0 aliphatic rings. The van der Waals surface area contributed by atoms with Gasteiger partial charge in [0, 0.05) is 0 Å². The van der Waals surface area contributed by atoms with E-state index in [1.54, 1.807) is 0 Å². The first-order valence-corrected chi connectivity index (χ1v) is 10.1. The van der Waals surface area contributed by atoms with Crippen molar-refractivity contribution in [3.8, 4) is 0 Å². The van der Waals surface area contributed by atoms with Gasteiger partial charge in [0.15, 0.2) is 0 Å². The van der Waals surface area contributed by atoms with Crippen molar-refractivity contribution in [1.82, 2.24) is 0 Å². The van der Waals surface area contributed by atoms with Crippen LogP contribution in [0.4, 0.5) is 0 Å². The van der Waals surface area contributed by atoms with Crippen LogP contribution in [0.1, 0.15) is 81.9 Å². The van der Waals surface area contributed by atoms with Crippen LogP contribution in [0.15, 0.2) is 0 Å². The van der Waals surface area contributed by atoms with Crippen LogP contribution in [0.3, 0.4) is 0 Å². The fourth-order valence-corrected chi connectivity index (χ4v) is 3.11. The summed E-state index contributed by atoms with van der Waals surface area (Å²) < 4.78 is 22.2. The van der Waals surface area contributed by atoms with Crippen molar-refractivity contribution >= 4 is 45.6 Å². The third kappa shape index (κ3) is 18.1. The largest absolute Gasteiger partial charge is 2.00 e. The van der Waals surface area contributed by atoms with E-state index in [4.69, 9.17) is 9.05 Å². The number of unbranched alkanes of at least 4 members (excludes halogenated alkanes) is 2. The van der Waals surface area contributed by atoms with Gasteiger partial charge in [0.25, 0.3) is 0 Å². The molecular weight excluding hydrogens is 359 g/mol. The standard InChI is InChI=1S/C16H35O4P.Ca.2H2O.2H/c1-5-9-11-15(7-3)13-19-21(17,18)20-14-16(8-4)12-10-6-2;;;;;/h15-16H,5-14H2,1-4H3,(H,17,18);;2*1H2;;/q;+2;;;2*-1. The number of hydrogen-bond donors (Lipinski definition) is 1. The molecule has 0 bridgehead atoms. The van der Waals surface area contributed by atoms with Crippen LogP contribution < -0.4 is 0 Å². The molecule has 0 radical (unpaired) electrons. The molecule has 2 unspecified atom stereocenters. The molecule has 148 valence electrons. The summed E-state index contributed by atoms with van der Waals surface area (Å²) in [4.78, 5) is 9.77. The van der Waals surface area contributed by atoms with Crippen molar-refractivity contribution in [3.63, 3.8) is 0 Å². The number of phosphoric acid groups is 1. The summed E-state index contributed by atoms with van der Waals surface area (Å²) >= 11 is 0. The molecule has 0 aliphatic heterocycles. The van der Waals surface area contributed by atoms with E-state index in [1.165, 1.54) is 0 Å². The molecule has 0 saturated heterocycles. The molecule has 0 aliphatic carbocycles. The smallest absolute Gasteiger partial charge is 1.00 e. The molecule has 0 amide bonds. The van der Waals surface area contributed by atoms with Crippen LogP contribution in [-0.2, 0) is 13.6 Å².